The minimum atomic E-state index is 0.401. The molecule has 2 rings (SSSR count). The Morgan fingerprint density at radius 2 is 2.00 bits per heavy atom. The van der Waals surface area contributed by atoms with Crippen molar-refractivity contribution >= 4 is 0 Å². The zero-order valence-electron chi connectivity index (χ0n) is 10.5. The van der Waals surface area contributed by atoms with Crippen LogP contribution in [0.25, 0.3) is 11.3 Å². The Hall–Kier alpha value is -2.15. The van der Waals surface area contributed by atoms with Crippen molar-refractivity contribution in [2.45, 2.75) is 32.7 Å². The molecule has 0 aliphatic rings. The quantitative estimate of drug-likeness (QED) is 0.755. The lowest BCUT2D eigenvalue weighted by Gasteiger charge is -2.06. The molecule has 1 aromatic carbocycles. The molecule has 0 amide bonds. The van der Waals surface area contributed by atoms with Crippen molar-refractivity contribution < 1.29 is 0 Å². The standard InChI is InChI=1S/C14H16N4/c1-2-3-7-10-18-14(13(11-15)16-17-18)12-8-5-4-6-9-12/h4-6,8-9H,2-3,7,10H2,1H3. The summed E-state index contributed by atoms with van der Waals surface area (Å²) in [6.07, 6.45) is 3.39. The average Bonchev–Trinajstić information content (AvgIpc) is 2.83. The molecular formula is C14H16N4. The number of aryl methyl sites for hydroxylation is 1. The summed E-state index contributed by atoms with van der Waals surface area (Å²) in [4.78, 5) is 0. The molecule has 0 spiro atoms. The van der Waals surface area contributed by atoms with Crippen LogP contribution in [0.15, 0.2) is 30.3 Å². The molecule has 92 valence electrons. The number of aromatic nitrogens is 3. The second-order valence-electron chi connectivity index (χ2n) is 4.19. The van der Waals surface area contributed by atoms with Crippen LogP contribution in [0.3, 0.4) is 0 Å². The van der Waals surface area contributed by atoms with Crippen LogP contribution in [-0.2, 0) is 6.54 Å². The van der Waals surface area contributed by atoms with Crippen LogP contribution in [0.5, 0.6) is 0 Å². The van der Waals surface area contributed by atoms with Gasteiger partial charge < -0.3 is 0 Å². The van der Waals surface area contributed by atoms with Gasteiger partial charge in [0.05, 0.1) is 0 Å². The number of nitrogens with zero attached hydrogens (tertiary/aromatic N) is 4. The Balaban J connectivity index is 2.32. The Kier molecular flexibility index (Phi) is 4.08. The van der Waals surface area contributed by atoms with Crippen LogP contribution in [-0.4, -0.2) is 15.0 Å². The number of hydrogen-bond donors (Lipinski definition) is 0. The van der Waals surface area contributed by atoms with Gasteiger partial charge in [0.2, 0.25) is 0 Å². The number of unbranched alkanes of at least 4 members (excludes halogenated alkanes) is 2. The molecule has 0 saturated heterocycles. The van der Waals surface area contributed by atoms with E-state index in [0.29, 0.717) is 5.69 Å². The van der Waals surface area contributed by atoms with E-state index in [2.05, 4.69) is 23.3 Å². The summed E-state index contributed by atoms with van der Waals surface area (Å²) in [7, 11) is 0. The van der Waals surface area contributed by atoms with Crippen molar-refractivity contribution in [3.8, 4) is 17.3 Å². The van der Waals surface area contributed by atoms with Gasteiger partial charge in [0.1, 0.15) is 11.8 Å². The summed E-state index contributed by atoms with van der Waals surface area (Å²) in [5, 5.41) is 17.1. The molecule has 4 nitrogen and oxygen atoms in total. The van der Waals surface area contributed by atoms with Gasteiger partial charge in [-0.3, -0.25) is 0 Å². The molecule has 0 unspecified atom stereocenters. The van der Waals surface area contributed by atoms with Gasteiger partial charge in [-0.25, -0.2) is 4.68 Å². The maximum Gasteiger partial charge on any atom is 0.190 e. The Morgan fingerprint density at radius 3 is 2.67 bits per heavy atom. The highest BCUT2D eigenvalue weighted by molar-refractivity contribution is 5.64. The lowest BCUT2D eigenvalue weighted by atomic mass is 10.1. The lowest BCUT2D eigenvalue weighted by Crippen LogP contribution is -2.03. The monoisotopic (exact) mass is 240 g/mol. The molecule has 1 aromatic heterocycles. The zero-order chi connectivity index (χ0) is 12.8. The number of nitriles is 1. The fraction of sp³-hybridized carbons (Fsp3) is 0.357. The van der Waals surface area contributed by atoms with Crippen molar-refractivity contribution in [3.63, 3.8) is 0 Å². The summed E-state index contributed by atoms with van der Waals surface area (Å²) >= 11 is 0. The molecule has 2 aromatic rings. The van der Waals surface area contributed by atoms with E-state index in [1.165, 1.54) is 6.42 Å². The van der Waals surface area contributed by atoms with Gasteiger partial charge >= 0.3 is 0 Å². The van der Waals surface area contributed by atoms with Gasteiger partial charge in [0, 0.05) is 12.1 Å². The van der Waals surface area contributed by atoms with Crippen LogP contribution < -0.4 is 0 Å². The number of hydrogen-bond acceptors (Lipinski definition) is 3. The predicted molar refractivity (Wildman–Crippen MR) is 69.7 cm³/mol. The molecule has 0 fully saturated rings. The predicted octanol–water partition coefficient (Wildman–Crippen LogP) is 3.01. The summed E-state index contributed by atoms with van der Waals surface area (Å²) in [6, 6.07) is 11.9. The minimum absolute atomic E-state index is 0.401. The fourth-order valence-electron chi connectivity index (χ4n) is 1.94. The van der Waals surface area contributed by atoms with E-state index >= 15 is 0 Å². The summed E-state index contributed by atoms with van der Waals surface area (Å²) in [5.41, 5.74) is 2.22. The third kappa shape index (κ3) is 2.57. The third-order valence-electron chi connectivity index (χ3n) is 2.86. The molecule has 0 bridgehead atoms. The highest BCUT2D eigenvalue weighted by Gasteiger charge is 2.13. The maximum atomic E-state index is 9.10. The highest BCUT2D eigenvalue weighted by atomic mass is 15.4. The van der Waals surface area contributed by atoms with Gasteiger partial charge in [0.25, 0.3) is 0 Å². The van der Waals surface area contributed by atoms with E-state index in [1.54, 1.807) is 0 Å². The van der Waals surface area contributed by atoms with Crippen LogP contribution in [0.4, 0.5) is 0 Å². The van der Waals surface area contributed by atoms with E-state index in [-0.39, 0.29) is 0 Å². The second kappa shape index (κ2) is 5.97. The van der Waals surface area contributed by atoms with E-state index in [0.717, 1.165) is 30.6 Å². The fourth-order valence-corrected chi connectivity index (χ4v) is 1.94. The maximum absolute atomic E-state index is 9.10. The Labute approximate surface area is 107 Å². The largest absolute Gasteiger partial charge is 0.243 e. The first-order chi connectivity index (χ1) is 8.86. The zero-order valence-corrected chi connectivity index (χ0v) is 10.5. The smallest absolute Gasteiger partial charge is 0.190 e. The van der Waals surface area contributed by atoms with Crippen molar-refractivity contribution in [1.29, 1.82) is 5.26 Å². The molecule has 0 saturated carbocycles. The molecule has 4 heteroatoms. The summed E-state index contributed by atoms with van der Waals surface area (Å²) in [6.45, 7) is 2.98. The number of benzene rings is 1. The molecule has 18 heavy (non-hydrogen) atoms. The molecule has 0 aliphatic heterocycles. The van der Waals surface area contributed by atoms with E-state index in [9.17, 15) is 0 Å². The van der Waals surface area contributed by atoms with Crippen LogP contribution in [0.1, 0.15) is 31.9 Å². The second-order valence-corrected chi connectivity index (χ2v) is 4.19. The lowest BCUT2D eigenvalue weighted by molar-refractivity contribution is 0.541. The van der Waals surface area contributed by atoms with Crippen LogP contribution in [0.2, 0.25) is 0 Å². The van der Waals surface area contributed by atoms with Crippen LogP contribution >= 0.6 is 0 Å². The average molecular weight is 240 g/mol. The summed E-state index contributed by atoms with van der Waals surface area (Å²) < 4.78 is 1.84. The number of rotatable bonds is 5. The van der Waals surface area contributed by atoms with Gasteiger partial charge in [-0.1, -0.05) is 55.3 Å². The van der Waals surface area contributed by atoms with Gasteiger partial charge in [-0.15, -0.1) is 5.10 Å². The van der Waals surface area contributed by atoms with Crippen molar-refractivity contribution in [2.75, 3.05) is 0 Å². The van der Waals surface area contributed by atoms with Crippen LogP contribution in [0, 0.1) is 11.3 Å². The molecule has 0 radical (unpaired) electrons. The first-order valence-corrected chi connectivity index (χ1v) is 6.25. The summed E-state index contributed by atoms with van der Waals surface area (Å²) in [5.74, 6) is 0. The van der Waals surface area contributed by atoms with Gasteiger partial charge in [-0.05, 0) is 6.42 Å². The molecule has 1 heterocycles. The van der Waals surface area contributed by atoms with Gasteiger partial charge in [0.15, 0.2) is 5.69 Å². The van der Waals surface area contributed by atoms with Crippen molar-refractivity contribution in [2.24, 2.45) is 0 Å². The SMILES string of the molecule is CCCCCn1nnc(C#N)c1-c1ccccc1. The minimum Gasteiger partial charge on any atom is -0.243 e. The van der Waals surface area contributed by atoms with Crippen molar-refractivity contribution in [1.82, 2.24) is 15.0 Å². The topological polar surface area (TPSA) is 54.5 Å². The van der Waals surface area contributed by atoms with E-state index < -0.39 is 0 Å². The van der Waals surface area contributed by atoms with E-state index in [1.807, 2.05) is 35.0 Å². The van der Waals surface area contributed by atoms with Gasteiger partial charge in [-0.2, -0.15) is 5.26 Å². The first-order valence-electron chi connectivity index (χ1n) is 6.25. The van der Waals surface area contributed by atoms with Crippen molar-refractivity contribution in [3.05, 3.63) is 36.0 Å². The third-order valence-corrected chi connectivity index (χ3v) is 2.86. The Morgan fingerprint density at radius 1 is 1.22 bits per heavy atom. The molecule has 0 N–H and O–H groups in total. The van der Waals surface area contributed by atoms with E-state index in [4.69, 9.17) is 5.26 Å². The normalized spacial score (nSPS) is 10.2. The molecule has 0 atom stereocenters. The Bertz CT molecular complexity index is 537. The highest BCUT2D eigenvalue weighted by Crippen LogP contribution is 2.21. The molecular weight excluding hydrogens is 224 g/mol. The molecule has 0 aliphatic carbocycles. The first kappa shape index (κ1) is 12.3.